The number of aliphatic hydroxyl groups excluding tert-OH is 1. The predicted octanol–water partition coefficient (Wildman–Crippen LogP) is 1.95. The third kappa shape index (κ3) is 10.2. The molecule has 0 saturated heterocycles. The largest absolute Gasteiger partial charge is 0.393 e. The van der Waals surface area contributed by atoms with Gasteiger partial charge in [0.2, 0.25) is 0 Å². The quantitative estimate of drug-likeness (QED) is 0.369. The van der Waals surface area contributed by atoms with Crippen molar-refractivity contribution in [2.45, 2.75) is 39.7 Å². The Morgan fingerprint density at radius 1 is 1.29 bits per heavy atom. The summed E-state index contributed by atoms with van der Waals surface area (Å²) in [5.41, 5.74) is 2.65. The van der Waals surface area contributed by atoms with Crippen molar-refractivity contribution in [1.29, 1.82) is 0 Å². The first-order chi connectivity index (χ1) is 8.10. The highest BCUT2D eigenvalue weighted by atomic mass is 16.6. The first-order valence-electron chi connectivity index (χ1n) is 5.93. The molecule has 0 radical (unpaired) electrons. The van der Waals surface area contributed by atoms with Crippen molar-refractivity contribution in [3.63, 3.8) is 0 Å². The van der Waals surface area contributed by atoms with Gasteiger partial charge in [-0.25, -0.2) is 5.90 Å². The van der Waals surface area contributed by atoms with Gasteiger partial charge in [-0.3, -0.25) is 4.84 Å². The van der Waals surface area contributed by atoms with Crippen molar-refractivity contribution in [3.8, 4) is 0 Å². The van der Waals surface area contributed by atoms with Crippen LogP contribution >= 0.6 is 0 Å². The molecule has 0 heterocycles. The zero-order valence-electron chi connectivity index (χ0n) is 11.1. The minimum atomic E-state index is -0.436. The van der Waals surface area contributed by atoms with Gasteiger partial charge in [-0.15, -0.1) is 0 Å². The molecule has 0 aromatic carbocycles. The second-order valence-electron chi connectivity index (χ2n) is 4.35. The van der Waals surface area contributed by atoms with E-state index in [1.165, 1.54) is 11.1 Å². The van der Waals surface area contributed by atoms with E-state index in [1.807, 2.05) is 6.08 Å². The lowest BCUT2D eigenvalue weighted by atomic mass is 10.1. The number of rotatable bonds is 9. The van der Waals surface area contributed by atoms with E-state index in [-0.39, 0.29) is 6.61 Å². The van der Waals surface area contributed by atoms with Crippen LogP contribution in [0.3, 0.4) is 0 Å². The summed E-state index contributed by atoms with van der Waals surface area (Å²) < 4.78 is 5.32. The molecule has 1 unspecified atom stereocenters. The van der Waals surface area contributed by atoms with Crippen molar-refractivity contribution in [1.82, 2.24) is 0 Å². The normalized spacial score (nSPS) is 13.6. The molecule has 100 valence electrons. The number of ether oxygens (including phenoxy) is 1. The number of allylic oxidation sites excluding steroid dienone is 3. The molecule has 0 aliphatic heterocycles. The van der Waals surface area contributed by atoms with Gasteiger partial charge in [-0.05, 0) is 33.6 Å². The smallest absolute Gasteiger partial charge is 0.125 e. The van der Waals surface area contributed by atoms with Crippen LogP contribution in [0.15, 0.2) is 23.3 Å². The molecule has 17 heavy (non-hydrogen) atoms. The lowest BCUT2D eigenvalue weighted by molar-refractivity contribution is -0.0387. The van der Waals surface area contributed by atoms with Crippen LogP contribution in [-0.2, 0) is 9.57 Å². The van der Waals surface area contributed by atoms with E-state index >= 15 is 0 Å². The van der Waals surface area contributed by atoms with E-state index in [0.717, 1.165) is 12.8 Å². The average Bonchev–Trinajstić information content (AvgIpc) is 2.29. The summed E-state index contributed by atoms with van der Waals surface area (Å²) in [5, 5.41) is 8.80. The van der Waals surface area contributed by atoms with Gasteiger partial charge in [0, 0.05) is 0 Å². The molecule has 0 spiro atoms. The maximum Gasteiger partial charge on any atom is 0.125 e. The van der Waals surface area contributed by atoms with Crippen LogP contribution in [0.2, 0.25) is 0 Å². The molecule has 0 aromatic heterocycles. The van der Waals surface area contributed by atoms with Crippen LogP contribution in [-0.4, -0.2) is 31.0 Å². The van der Waals surface area contributed by atoms with Gasteiger partial charge < -0.3 is 9.84 Å². The zero-order chi connectivity index (χ0) is 13.1. The number of hydrogen-bond acceptors (Lipinski definition) is 4. The average molecular weight is 243 g/mol. The van der Waals surface area contributed by atoms with Crippen molar-refractivity contribution in [3.05, 3.63) is 23.3 Å². The summed E-state index contributed by atoms with van der Waals surface area (Å²) in [5.74, 6) is 4.96. The number of aliphatic hydroxyl groups is 1. The van der Waals surface area contributed by atoms with Crippen LogP contribution in [0, 0.1) is 0 Å². The van der Waals surface area contributed by atoms with E-state index in [9.17, 15) is 0 Å². The van der Waals surface area contributed by atoms with Crippen LogP contribution in [0.1, 0.15) is 33.6 Å². The highest BCUT2D eigenvalue weighted by molar-refractivity contribution is 5.02. The van der Waals surface area contributed by atoms with Crippen molar-refractivity contribution < 1.29 is 14.7 Å². The van der Waals surface area contributed by atoms with Gasteiger partial charge in [-0.1, -0.05) is 23.3 Å². The summed E-state index contributed by atoms with van der Waals surface area (Å²) in [6.07, 6.45) is 5.95. The molecule has 0 aliphatic carbocycles. The molecule has 0 saturated carbocycles. The van der Waals surface area contributed by atoms with Crippen molar-refractivity contribution in [2.24, 2.45) is 5.90 Å². The molecular weight excluding hydrogens is 218 g/mol. The topological polar surface area (TPSA) is 64.7 Å². The molecule has 1 atom stereocenters. The minimum absolute atomic E-state index is 0.125. The Bertz CT molecular complexity index is 241. The fraction of sp³-hybridized carbons (Fsp3) is 0.692. The van der Waals surface area contributed by atoms with Crippen LogP contribution in [0.25, 0.3) is 0 Å². The van der Waals surface area contributed by atoms with Crippen LogP contribution in [0.4, 0.5) is 0 Å². The second-order valence-corrected chi connectivity index (χ2v) is 4.35. The number of nitrogens with two attached hydrogens (primary N) is 1. The van der Waals surface area contributed by atoms with E-state index in [2.05, 4.69) is 31.7 Å². The van der Waals surface area contributed by atoms with E-state index < -0.39 is 6.10 Å². The van der Waals surface area contributed by atoms with Crippen molar-refractivity contribution >= 4 is 0 Å². The minimum Gasteiger partial charge on any atom is -0.393 e. The highest BCUT2D eigenvalue weighted by Gasteiger charge is 2.04. The Kier molecular flexibility index (Phi) is 10.1. The van der Waals surface area contributed by atoms with Gasteiger partial charge in [0.1, 0.15) is 6.10 Å². The molecule has 0 amide bonds. The monoisotopic (exact) mass is 243 g/mol. The molecule has 0 fully saturated rings. The van der Waals surface area contributed by atoms with Gasteiger partial charge in [0.15, 0.2) is 0 Å². The lowest BCUT2D eigenvalue weighted by Crippen LogP contribution is -2.27. The molecule has 0 rings (SSSR count). The van der Waals surface area contributed by atoms with Crippen molar-refractivity contribution in [2.75, 3.05) is 19.8 Å². The third-order valence-electron chi connectivity index (χ3n) is 2.34. The Morgan fingerprint density at radius 3 is 2.53 bits per heavy atom. The predicted molar refractivity (Wildman–Crippen MR) is 69.4 cm³/mol. The summed E-state index contributed by atoms with van der Waals surface area (Å²) in [6.45, 7) is 7.00. The molecule has 0 bridgehead atoms. The van der Waals surface area contributed by atoms with E-state index in [1.54, 1.807) is 0 Å². The Labute approximate surface area is 104 Å². The maximum atomic E-state index is 8.80. The Balaban J connectivity index is 3.66. The highest BCUT2D eigenvalue weighted by Crippen LogP contribution is 2.06. The fourth-order valence-corrected chi connectivity index (χ4v) is 1.23. The molecule has 0 aromatic rings. The molecular formula is C13H25NO3. The first kappa shape index (κ1) is 16.3. The Morgan fingerprint density at radius 2 is 2.00 bits per heavy atom. The molecule has 0 aliphatic rings. The number of hydrogen-bond donors (Lipinski definition) is 2. The molecule has 4 heteroatoms. The molecule has 4 nitrogen and oxygen atoms in total. The lowest BCUT2D eigenvalue weighted by Gasteiger charge is -2.10. The molecule has 3 N–H and O–H groups in total. The standard InChI is InChI=1S/C13H25NO3/c1-11(2)5-4-6-12(3)7-8-16-10-13(9-15)17-14/h5,7,13,15H,4,6,8-10,14H2,1-3H3/b12-7+. The summed E-state index contributed by atoms with van der Waals surface area (Å²) >= 11 is 0. The van der Waals surface area contributed by atoms with Crippen LogP contribution < -0.4 is 5.90 Å². The summed E-state index contributed by atoms with van der Waals surface area (Å²) in [7, 11) is 0. The van der Waals surface area contributed by atoms with Crippen LogP contribution in [0.5, 0.6) is 0 Å². The van der Waals surface area contributed by atoms with Gasteiger partial charge in [-0.2, -0.15) is 0 Å². The maximum absolute atomic E-state index is 8.80. The van der Waals surface area contributed by atoms with Gasteiger partial charge >= 0.3 is 0 Å². The van der Waals surface area contributed by atoms with Gasteiger partial charge in [0.25, 0.3) is 0 Å². The third-order valence-corrected chi connectivity index (χ3v) is 2.34. The van der Waals surface area contributed by atoms with E-state index in [4.69, 9.17) is 15.7 Å². The summed E-state index contributed by atoms with van der Waals surface area (Å²) in [6, 6.07) is 0. The second kappa shape index (κ2) is 10.5. The Hall–Kier alpha value is -0.680. The van der Waals surface area contributed by atoms with Gasteiger partial charge in [0.05, 0.1) is 19.8 Å². The van der Waals surface area contributed by atoms with E-state index in [0.29, 0.717) is 13.2 Å². The SMILES string of the molecule is CC(C)=CCC/C(C)=C/COCC(CO)ON. The fourth-order valence-electron chi connectivity index (χ4n) is 1.23. The first-order valence-corrected chi connectivity index (χ1v) is 5.93. The zero-order valence-corrected chi connectivity index (χ0v) is 11.1. The summed E-state index contributed by atoms with van der Waals surface area (Å²) in [4.78, 5) is 4.49.